The van der Waals surface area contributed by atoms with Crippen LogP contribution in [0.4, 0.5) is 0 Å². The number of carboxylic acid groups (broad SMARTS) is 1. The summed E-state index contributed by atoms with van der Waals surface area (Å²) in [6, 6.07) is 2.88. The number of carboxylic acids is 1. The van der Waals surface area contributed by atoms with Crippen molar-refractivity contribution in [3.63, 3.8) is 0 Å². The Labute approximate surface area is 115 Å². The lowest BCUT2D eigenvalue weighted by Gasteiger charge is -2.31. The summed E-state index contributed by atoms with van der Waals surface area (Å²) in [7, 11) is 0. The Morgan fingerprint density at radius 3 is 3.05 bits per heavy atom. The summed E-state index contributed by atoms with van der Waals surface area (Å²) in [6.07, 6.45) is 6.35. The number of hydrogen-bond donors (Lipinski definition) is 1. The van der Waals surface area contributed by atoms with Crippen molar-refractivity contribution in [3.05, 3.63) is 36.2 Å². The standard InChI is InChI=1S/C13H14N2O3S/c16-12(4-3-10-2-1-5-14-8-10)15-6-7-19-9-11(15)13(17)18/h1-5,8,11H,6-7,9H2,(H,17,18)/b4-3+. The van der Waals surface area contributed by atoms with Crippen molar-refractivity contribution < 1.29 is 14.7 Å². The average molecular weight is 278 g/mol. The highest BCUT2D eigenvalue weighted by atomic mass is 32.2. The summed E-state index contributed by atoms with van der Waals surface area (Å²) in [6.45, 7) is 0.470. The molecule has 1 saturated heterocycles. The Kier molecular flexibility index (Phi) is 4.57. The maximum atomic E-state index is 12.0. The van der Waals surface area contributed by atoms with E-state index < -0.39 is 12.0 Å². The van der Waals surface area contributed by atoms with Crippen molar-refractivity contribution in [2.24, 2.45) is 0 Å². The molecule has 1 amide bonds. The molecule has 0 aromatic carbocycles. The quantitative estimate of drug-likeness (QED) is 0.839. The number of hydrogen-bond acceptors (Lipinski definition) is 4. The van der Waals surface area contributed by atoms with Crippen LogP contribution in [0.15, 0.2) is 30.6 Å². The van der Waals surface area contributed by atoms with Gasteiger partial charge in [0.1, 0.15) is 6.04 Å². The number of nitrogens with zero attached hydrogens (tertiary/aromatic N) is 2. The summed E-state index contributed by atoms with van der Waals surface area (Å²) < 4.78 is 0. The fourth-order valence-corrected chi connectivity index (χ4v) is 2.85. The Balaban J connectivity index is 2.06. The largest absolute Gasteiger partial charge is 0.480 e. The molecule has 2 heterocycles. The van der Waals surface area contributed by atoms with Crippen LogP contribution in [-0.4, -0.2) is 51.0 Å². The maximum Gasteiger partial charge on any atom is 0.327 e. The van der Waals surface area contributed by atoms with Crippen molar-refractivity contribution >= 4 is 29.7 Å². The van der Waals surface area contributed by atoms with Gasteiger partial charge in [-0.3, -0.25) is 9.78 Å². The fraction of sp³-hybridized carbons (Fsp3) is 0.308. The van der Waals surface area contributed by atoms with E-state index >= 15 is 0 Å². The van der Waals surface area contributed by atoms with E-state index in [0.29, 0.717) is 12.3 Å². The third-order valence-corrected chi connectivity index (χ3v) is 3.82. The molecule has 1 N–H and O–H groups in total. The fourth-order valence-electron chi connectivity index (χ4n) is 1.81. The number of rotatable bonds is 3. The van der Waals surface area contributed by atoms with E-state index in [4.69, 9.17) is 5.11 Å². The zero-order valence-electron chi connectivity index (χ0n) is 10.2. The molecule has 0 radical (unpaired) electrons. The number of carbonyl (C=O) groups excluding carboxylic acids is 1. The molecule has 0 spiro atoms. The van der Waals surface area contributed by atoms with Gasteiger partial charge in [0.05, 0.1) is 0 Å². The first-order chi connectivity index (χ1) is 9.18. The lowest BCUT2D eigenvalue weighted by atomic mass is 10.2. The highest BCUT2D eigenvalue weighted by molar-refractivity contribution is 7.99. The minimum atomic E-state index is -0.949. The zero-order valence-corrected chi connectivity index (χ0v) is 11.0. The minimum Gasteiger partial charge on any atom is -0.480 e. The van der Waals surface area contributed by atoms with Crippen LogP contribution in [0.25, 0.3) is 6.08 Å². The van der Waals surface area contributed by atoms with Crippen LogP contribution in [0.3, 0.4) is 0 Å². The van der Waals surface area contributed by atoms with Crippen molar-refractivity contribution in [3.8, 4) is 0 Å². The predicted molar refractivity (Wildman–Crippen MR) is 73.7 cm³/mol. The summed E-state index contributed by atoms with van der Waals surface area (Å²) in [5.74, 6) is 0.00444. The second-order valence-corrected chi connectivity index (χ2v) is 5.23. The maximum absolute atomic E-state index is 12.0. The first kappa shape index (κ1) is 13.6. The average Bonchev–Trinajstić information content (AvgIpc) is 2.46. The molecule has 5 nitrogen and oxygen atoms in total. The van der Waals surface area contributed by atoms with E-state index in [9.17, 15) is 9.59 Å². The highest BCUT2D eigenvalue weighted by Gasteiger charge is 2.31. The SMILES string of the molecule is O=C(O)C1CSCCN1C(=O)/C=C/c1cccnc1. The van der Waals surface area contributed by atoms with Gasteiger partial charge in [-0.2, -0.15) is 11.8 Å². The van der Waals surface area contributed by atoms with Gasteiger partial charge >= 0.3 is 5.97 Å². The summed E-state index contributed by atoms with van der Waals surface area (Å²) in [4.78, 5) is 28.5. The molecule has 19 heavy (non-hydrogen) atoms. The second kappa shape index (κ2) is 6.38. The minimum absolute atomic E-state index is 0.267. The van der Waals surface area contributed by atoms with Crippen LogP contribution >= 0.6 is 11.8 Å². The lowest BCUT2D eigenvalue weighted by Crippen LogP contribution is -2.49. The zero-order chi connectivity index (χ0) is 13.7. The number of pyridine rings is 1. The smallest absolute Gasteiger partial charge is 0.327 e. The van der Waals surface area contributed by atoms with E-state index in [1.54, 1.807) is 36.3 Å². The van der Waals surface area contributed by atoms with Crippen molar-refractivity contribution in [2.75, 3.05) is 18.1 Å². The van der Waals surface area contributed by atoms with Crippen LogP contribution in [0, 0.1) is 0 Å². The highest BCUT2D eigenvalue weighted by Crippen LogP contribution is 2.17. The molecule has 6 heteroatoms. The van der Waals surface area contributed by atoms with Gasteiger partial charge in [-0.15, -0.1) is 0 Å². The molecule has 1 atom stereocenters. The Hall–Kier alpha value is -1.82. The summed E-state index contributed by atoms with van der Waals surface area (Å²) in [5, 5.41) is 9.10. The Bertz CT molecular complexity index is 490. The Morgan fingerprint density at radius 1 is 1.53 bits per heavy atom. The third-order valence-electron chi connectivity index (χ3n) is 2.80. The first-order valence-electron chi connectivity index (χ1n) is 5.88. The monoisotopic (exact) mass is 278 g/mol. The summed E-state index contributed by atoms with van der Waals surface area (Å²) >= 11 is 1.56. The van der Waals surface area contributed by atoms with Gasteiger partial charge in [0.2, 0.25) is 5.91 Å². The van der Waals surface area contributed by atoms with Gasteiger partial charge in [-0.1, -0.05) is 6.07 Å². The molecule has 0 bridgehead atoms. The van der Waals surface area contributed by atoms with Gasteiger partial charge in [-0.25, -0.2) is 4.79 Å². The molecule has 0 aliphatic carbocycles. The lowest BCUT2D eigenvalue weighted by molar-refractivity contribution is -0.147. The topological polar surface area (TPSA) is 70.5 Å². The molecule has 1 unspecified atom stereocenters. The predicted octanol–water partition coefficient (Wildman–Crippen LogP) is 1.12. The van der Waals surface area contributed by atoms with E-state index in [2.05, 4.69) is 4.98 Å². The van der Waals surface area contributed by atoms with Crippen LogP contribution in [0.5, 0.6) is 0 Å². The normalized spacial score (nSPS) is 19.6. The molecule has 2 rings (SSSR count). The van der Waals surface area contributed by atoms with Gasteiger partial charge in [0.25, 0.3) is 0 Å². The van der Waals surface area contributed by atoms with Crippen molar-refractivity contribution in [1.29, 1.82) is 0 Å². The van der Waals surface area contributed by atoms with Crippen LogP contribution in [0.1, 0.15) is 5.56 Å². The molecule has 1 aromatic rings. The van der Waals surface area contributed by atoms with Gasteiger partial charge in [-0.05, 0) is 17.7 Å². The molecule has 100 valence electrons. The first-order valence-corrected chi connectivity index (χ1v) is 7.03. The number of aliphatic carboxylic acids is 1. The molecular weight excluding hydrogens is 264 g/mol. The van der Waals surface area contributed by atoms with E-state index in [-0.39, 0.29) is 5.91 Å². The van der Waals surface area contributed by atoms with Gasteiger partial charge < -0.3 is 10.0 Å². The van der Waals surface area contributed by atoms with E-state index in [0.717, 1.165) is 11.3 Å². The molecule has 1 fully saturated rings. The second-order valence-electron chi connectivity index (χ2n) is 4.08. The number of carbonyl (C=O) groups is 2. The molecule has 1 aromatic heterocycles. The van der Waals surface area contributed by atoms with Crippen LogP contribution in [0.2, 0.25) is 0 Å². The molecular formula is C13H14N2O3S. The van der Waals surface area contributed by atoms with E-state index in [1.807, 2.05) is 6.07 Å². The van der Waals surface area contributed by atoms with E-state index in [1.165, 1.54) is 11.0 Å². The van der Waals surface area contributed by atoms with Crippen LogP contribution in [-0.2, 0) is 9.59 Å². The van der Waals surface area contributed by atoms with Crippen molar-refractivity contribution in [2.45, 2.75) is 6.04 Å². The third kappa shape index (κ3) is 3.57. The molecule has 1 aliphatic rings. The number of amides is 1. The number of aromatic nitrogens is 1. The summed E-state index contributed by atoms with van der Waals surface area (Å²) in [5.41, 5.74) is 0.814. The molecule has 1 aliphatic heterocycles. The van der Waals surface area contributed by atoms with Gasteiger partial charge in [0.15, 0.2) is 0 Å². The Morgan fingerprint density at radius 2 is 2.37 bits per heavy atom. The van der Waals surface area contributed by atoms with Gasteiger partial charge in [0, 0.05) is 36.5 Å². The number of thioether (sulfide) groups is 1. The molecule has 0 saturated carbocycles. The van der Waals surface area contributed by atoms with Crippen LogP contribution < -0.4 is 0 Å². The van der Waals surface area contributed by atoms with Crippen molar-refractivity contribution in [1.82, 2.24) is 9.88 Å².